The molecule has 0 unspecified atom stereocenters. The van der Waals surface area contributed by atoms with Crippen molar-refractivity contribution in [3.8, 4) is 5.75 Å². The van der Waals surface area contributed by atoms with Crippen molar-refractivity contribution in [2.45, 2.75) is 19.4 Å². The highest BCUT2D eigenvalue weighted by Crippen LogP contribution is 2.25. The highest BCUT2D eigenvalue weighted by Gasteiger charge is 2.13. The van der Waals surface area contributed by atoms with Gasteiger partial charge in [0.2, 0.25) is 0 Å². The molecule has 2 aromatic carbocycles. The van der Waals surface area contributed by atoms with Gasteiger partial charge in [0.1, 0.15) is 5.75 Å². The summed E-state index contributed by atoms with van der Waals surface area (Å²) in [4.78, 5) is 14.9. The smallest absolute Gasteiger partial charge is 0.274 e. The van der Waals surface area contributed by atoms with Crippen LogP contribution in [0.3, 0.4) is 0 Å². The second-order valence-corrected chi connectivity index (χ2v) is 6.03. The third-order valence-corrected chi connectivity index (χ3v) is 4.32. The van der Waals surface area contributed by atoms with Gasteiger partial charge in [0, 0.05) is 38.2 Å². The Labute approximate surface area is 175 Å². The molecule has 2 aromatic rings. The molecule has 3 rings (SSSR count). The molecule has 7 nitrogen and oxygen atoms in total. The summed E-state index contributed by atoms with van der Waals surface area (Å²) in [6, 6.07) is 13.0. The average molecular weight is 482 g/mol. The predicted molar refractivity (Wildman–Crippen MR) is 116 cm³/mol. The van der Waals surface area contributed by atoms with Gasteiger partial charge in [0.15, 0.2) is 5.96 Å². The molecule has 1 aliphatic heterocycles. The SMILES string of the molecule is CN=C(NCCc1ccc2c(c1)CCO2)NCc1ccccc1[N+](=O)[O-].I. The number of guanidine groups is 1. The zero-order chi connectivity index (χ0) is 18.4. The molecule has 1 heterocycles. The highest BCUT2D eigenvalue weighted by molar-refractivity contribution is 14.0. The second kappa shape index (κ2) is 10.1. The monoisotopic (exact) mass is 482 g/mol. The molecule has 27 heavy (non-hydrogen) atoms. The summed E-state index contributed by atoms with van der Waals surface area (Å²) in [6.07, 6.45) is 1.83. The van der Waals surface area contributed by atoms with Gasteiger partial charge < -0.3 is 15.4 Å². The van der Waals surface area contributed by atoms with Crippen molar-refractivity contribution in [3.63, 3.8) is 0 Å². The molecule has 1 aliphatic rings. The van der Waals surface area contributed by atoms with Gasteiger partial charge in [-0.1, -0.05) is 30.3 Å². The minimum atomic E-state index is -0.370. The third-order valence-electron chi connectivity index (χ3n) is 4.32. The first kappa shape index (κ1) is 20.9. The Morgan fingerprint density at radius 2 is 2.07 bits per heavy atom. The van der Waals surface area contributed by atoms with Crippen molar-refractivity contribution < 1.29 is 9.66 Å². The summed E-state index contributed by atoms with van der Waals surface area (Å²) in [5, 5.41) is 17.4. The van der Waals surface area contributed by atoms with E-state index in [0.717, 1.165) is 31.7 Å². The van der Waals surface area contributed by atoms with Crippen molar-refractivity contribution in [3.05, 3.63) is 69.3 Å². The van der Waals surface area contributed by atoms with Crippen LogP contribution in [0.25, 0.3) is 0 Å². The summed E-state index contributed by atoms with van der Waals surface area (Å²) >= 11 is 0. The van der Waals surface area contributed by atoms with Gasteiger partial charge in [0.05, 0.1) is 11.5 Å². The van der Waals surface area contributed by atoms with Gasteiger partial charge >= 0.3 is 0 Å². The number of halogens is 1. The van der Waals surface area contributed by atoms with Gasteiger partial charge in [-0.3, -0.25) is 15.1 Å². The molecule has 0 amide bonds. The highest BCUT2D eigenvalue weighted by atomic mass is 127. The van der Waals surface area contributed by atoms with Crippen LogP contribution >= 0.6 is 24.0 Å². The molecule has 0 saturated heterocycles. The van der Waals surface area contributed by atoms with Gasteiger partial charge in [-0.15, -0.1) is 24.0 Å². The summed E-state index contributed by atoms with van der Waals surface area (Å²) in [5.41, 5.74) is 3.24. The van der Waals surface area contributed by atoms with Crippen LogP contribution < -0.4 is 15.4 Å². The number of hydrogen-bond donors (Lipinski definition) is 2. The van der Waals surface area contributed by atoms with E-state index in [-0.39, 0.29) is 34.6 Å². The molecule has 0 aromatic heterocycles. The van der Waals surface area contributed by atoms with Gasteiger partial charge in [-0.2, -0.15) is 0 Å². The molecule has 0 saturated carbocycles. The van der Waals surface area contributed by atoms with Crippen molar-refractivity contribution in [2.24, 2.45) is 4.99 Å². The number of nitrogens with one attached hydrogen (secondary N) is 2. The summed E-state index contributed by atoms with van der Waals surface area (Å²) in [7, 11) is 1.68. The number of ether oxygens (including phenoxy) is 1. The lowest BCUT2D eigenvalue weighted by Crippen LogP contribution is -2.38. The zero-order valence-electron chi connectivity index (χ0n) is 15.1. The molecule has 0 spiro atoms. The van der Waals surface area contributed by atoms with Gasteiger partial charge in [0.25, 0.3) is 5.69 Å². The lowest BCUT2D eigenvalue weighted by molar-refractivity contribution is -0.385. The largest absolute Gasteiger partial charge is 0.493 e. The standard InChI is InChI=1S/C19H22N4O3.HI/c1-20-19(22-13-16-4-2-3-5-17(16)23(24)25)21-10-8-14-6-7-18-15(12-14)9-11-26-18;/h2-7,12H,8-11,13H2,1H3,(H2,20,21,22);1H. The number of rotatable bonds is 6. The Kier molecular flexibility index (Phi) is 7.83. The van der Waals surface area contributed by atoms with E-state index in [2.05, 4.69) is 27.8 Å². The zero-order valence-corrected chi connectivity index (χ0v) is 17.4. The first-order valence-electron chi connectivity index (χ1n) is 8.59. The maximum Gasteiger partial charge on any atom is 0.274 e. The van der Waals surface area contributed by atoms with Crippen molar-refractivity contribution in [1.29, 1.82) is 0 Å². The fourth-order valence-electron chi connectivity index (χ4n) is 2.96. The molecule has 8 heteroatoms. The van der Waals surface area contributed by atoms with Crippen LogP contribution in [0.5, 0.6) is 5.75 Å². The van der Waals surface area contributed by atoms with Gasteiger partial charge in [-0.25, -0.2) is 0 Å². The van der Waals surface area contributed by atoms with E-state index in [0.29, 0.717) is 18.1 Å². The van der Waals surface area contributed by atoms with Crippen LogP contribution in [0.15, 0.2) is 47.5 Å². The maximum atomic E-state index is 11.1. The molecular formula is C19H23IN4O3. The first-order valence-corrected chi connectivity index (χ1v) is 8.59. The molecule has 0 aliphatic carbocycles. The van der Waals surface area contributed by atoms with Crippen LogP contribution in [-0.2, 0) is 19.4 Å². The van der Waals surface area contributed by atoms with Gasteiger partial charge in [-0.05, 0) is 23.6 Å². The number of para-hydroxylation sites is 1. The number of hydrogen-bond acceptors (Lipinski definition) is 4. The number of nitro benzene ring substituents is 1. The van der Waals surface area contributed by atoms with E-state index >= 15 is 0 Å². The van der Waals surface area contributed by atoms with Crippen molar-refractivity contribution in [2.75, 3.05) is 20.2 Å². The molecular weight excluding hydrogens is 459 g/mol. The minimum absolute atomic E-state index is 0. The number of nitro groups is 1. The molecule has 0 bridgehead atoms. The van der Waals surface area contributed by atoms with E-state index in [4.69, 9.17) is 4.74 Å². The van der Waals surface area contributed by atoms with Crippen LogP contribution in [0, 0.1) is 10.1 Å². The quantitative estimate of drug-likeness (QED) is 0.217. The van der Waals surface area contributed by atoms with Crippen LogP contribution in [0.2, 0.25) is 0 Å². The Balaban J connectivity index is 0.00000261. The van der Waals surface area contributed by atoms with Crippen LogP contribution in [0.4, 0.5) is 5.69 Å². The summed E-state index contributed by atoms with van der Waals surface area (Å²) < 4.78 is 5.52. The van der Waals surface area contributed by atoms with Crippen molar-refractivity contribution in [1.82, 2.24) is 10.6 Å². The lowest BCUT2D eigenvalue weighted by Gasteiger charge is -2.12. The maximum absolute atomic E-state index is 11.1. The number of fused-ring (bicyclic) bond motifs is 1. The third kappa shape index (κ3) is 5.56. The summed E-state index contributed by atoms with van der Waals surface area (Å²) in [5.74, 6) is 1.61. The van der Waals surface area contributed by atoms with Crippen molar-refractivity contribution >= 4 is 35.6 Å². The van der Waals surface area contributed by atoms with E-state index < -0.39 is 0 Å². The molecule has 0 radical (unpaired) electrons. The number of aliphatic imine (C=N–C) groups is 1. The second-order valence-electron chi connectivity index (χ2n) is 6.03. The van der Waals surface area contributed by atoms with E-state index in [1.54, 1.807) is 25.2 Å². The topological polar surface area (TPSA) is 88.8 Å². The summed E-state index contributed by atoms with van der Waals surface area (Å²) in [6.45, 7) is 1.82. The molecule has 144 valence electrons. The first-order chi connectivity index (χ1) is 12.7. The average Bonchev–Trinajstić information content (AvgIpc) is 3.12. The lowest BCUT2D eigenvalue weighted by atomic mass is 10.1. The fourth-order valence-corrected chi connectivity index (χ4v) is 2.96. The molecule has 2 N–H and O–H groups in total. The number of nitrogens with zero attached hydrogens (tertiary/aromatic N) is 2. The Morgan fingerprint density at radius 1 is 1.26 bits per heavy atom. The van der Waals surface area contributed by atoms with E-state index in [9.17, 15) is 10.1 Å². The van der Waals surface area contributed by atoms with Crippen LogP contribution in [0.1, 0.15) is 16.7 Å². The van der Waals surface area contributed by atoms with Crippen LogP contribution in [-0.4, -0.2) is 31.1 Å². The Morgan fingerprint density at radius 3 is 2.85 bits per heavy atom. The minimum Gasteiger partial charge on any atom is -0.493 e. The molecule has 0 fully saturated rings. The van der Waals surface area contributed by atoms with E-state index in [1.807, 2.05) is 6.07 Å². The predicted octanol–water partition coefficient (Wildman–Crippen LogP) is 3.06. The fraction of sp³-hybridized carbons (Fsp3) is 0.316. The number of benzene rings is 2. The Bertz CT molecular complexity index is 826. The Hall–Kier alpha value is -2.36. The van der Waals surface area contributed by atoms with E-state index in [1.165, 1.54) is 17.2 Å². The molecule has 0 atom stereocenters. The normalized spacial score (nSPS) is 12.6.